The van der Waals surface area contributed by atoms with E-state index in [9.17, 15) is 9.59 Å². The van der Waals surface area contributed by atoms with Crippen molar-refractivity contribution in [3.8, 4) is 6.07 Å². The Morgan fingerprint density at radius 3 is 2.46 bits per heavy atom. The Bertz CT molecular complexity index is 835. The van der Waals surface area contributed by atoms with Gasteiger partial charge in [-0.3, -0.25) is 9.59 Å². The third kappa shape index (κ3) is 5.45. The Morgan fingerprint density at radius 2 is 1.85 bits per heavy atom. The normalized spacial score (nSPS) is 11.3. The monoisotopic (exact) mass is 350 g/mol. The van der Waals surface area contributed by atoms with Crippen molar-refractivity contribution in [3.63, 3.8) is 0 Å². The van der Waals surface area contributed by atoms with Crippen LogP contribution in [0, 0.1) is 25.2 Å². The smallest absolute Gasteiger partial charge is 0.306 e. The Morgan fingerprint density at radius 1 is 1.15 bits per heavy atom. The maximum Gasteiger partial charge on any atom is 0.306 e. The van der Waals surface area contributed by atoms with E-state index in [1.807, 2.05) is 50.2 Å². The van der Waals surface area contributed by atoms with Gasteiger partial charge >= 0.3 is 5.97 Å². The molecule has 134 valence electrons. The number of carbonyl (C=O) groups is 2. The number of ether oxygens (including phenoxy) is 1. The van der Waals surface area contributed by atoms with Crippen LogP contribution in [-0.2, 0) is 20.7 Å². The SMILES string of the molecule is Cc1ccc(NC(=O)C(C)OC(=O)CCc2ccc(C#N)cc2)c(C)c1. The lowest BCUT2D eigenvalue weighted by molar-refractivity contribution is -0.153. The molecule has 5 heteroatoms. The average Bonchev–Trinajstić information content (AvgIpc) is 2.62. The van der Waals surface area contributed by atoms with Crippen molar-refractivity contribution in [1.29, 1.82) is 5.26 Å². The quantitative estimate of drug-likeness (QED) is 0.806. The van der Waals surface area contributed by atoms with Crippen LogP contribution >= 0.6 is 0 Å². The zero-order valence-electron chi connectivity index (χ0n) is 15.2. The largest absolute Gasteiger partial charge is 0.453 e. The van der Waals surface area contributed by atoms with Gasteiger partial charge in [-0.1, -0.05) is 29.8 Å². The summed E-state index contributed by atoms with van der Waals surface area (Å²) in [7, 11) is 0. The molecule has 1 N–H and O–H groups in total. The molecule has 0 radical (unpaired) electrons. The molecule has 0 aromatic heterocycles. The van der Waals surface area contributed by atoms with Gasteiger partial charge in [0.1, 0.15) is 0 Å². The van der Waals surface area contributed by atoms with Crippen molar-refractivity contribution in [2.24, 2.45) is 0 Å². The molecule has 0 fully saturated rings. The van der Waals surface area contributed by atoms with Gasteiger partial charge in [0.05, 0.1) is 11.6 Å². The summed E-state index contributed by atoms with van der Waals surface area (Å²) in [6.07, 6.45) is -0.201. The zero-order chi connectivity index (χ0) is 19.1. The van der Waals surface area contributed by atoms with Crippen LogP contribution in [0.25, 0.3) is 0 Å². The predicted octanol–water partition coefficient (Wildman–Crippen LogP) is 3.68. The van der Waals surface area contributed by atoms with Gasteiger partial charge < -0.3 is 10.1 Å². The Labute approximate surface area is 153 Å². The van der Waals surface area contributed by atoms with E-state index in [-0.39, 0.29) is 12.3 Å². The number of anilines is 1. The maximum atomic E-state index is 12.2. The lowest BCUT2D eigenvalue weighted by atomic mass is 10.1. The van der Waals surface area contributed by atoms with Gasteiger partial charge in [-0.05, 0) is 56.5 Å². The fourth-order valence-electron chi connectivity index (χ4n) is 2.49. The molecule has 0 heterocycles. The molecule has 0 aliphatic heterocycles. The summed E-state index contributed by atoms with van der Waals surface area (Å²) in [5.74, 6) is -0.790. The molecule has 1 unspecified atom stereocenters. The third-order valence-electron chi connectivity index (χ3n) is 4.02. The first-order chi connectivity index (χ1) is 12.4. The standard InChI is InChI=1S/C21H22N2O3/c1-14-4-10-19(15(2)12-14)23-21(25)16(3)26-20(24)11-9-17-5-7-18(13-22)8-6-17/h4-8,10,12,16H,9,11H2,1-3H3,(H,23,25). The molecule has 2 aromatic rings. The number of amides is 1. The van der Waals surface area contributed by atoms with Crippen molar-refractivity contribution < 1.29 is 14.3 Å². The van der Waals surface area contributed by atoms with E-state index in [4.69, 9.17) is 10.00 Å². The number of aryl methyl sites for hydroxylation is 3. The summed E-state index contributed by atoms with van der Waals surface area (Å²) in [6, 6.07) is 14.8. The zero-order valence-corrected chi connectivity index (χ0v) is 15.2. The predicted molar refractivity (Wildman–Crippen MR) is 99.6 cm³/mol. The number of nitriles is 1. The molecule has 0 spiro atoms. The lowest BCUT2D eigenvalue weighted by Crippen LogP contribution is -2.30. The molecule has 26 heavy (non-hydrogen) atoms. The topological polar surface area (TPSA) is 79.2 Å². The molecular formula is C21H22N2O3. The second kappa shape index (κ2) is 8.82. The summed E-state index contributed by atoms with van der Waals surface area (Å²) < 4.78 is 5.21. The highest BCUT2D eigenvalue weighted by Gasteiger charge is 2.18. The highest BCUT2D eigenvalue weighted by atomic mass is 16.5. The van der Waals surface area contributed by atoms with Crippen LogP contribution in [0.5, 0.6) is 0 Å². The Hall–Kier alpha value is -3.13. The minimum atomic E-state index is -0.871. The van der Waals surface area contributed by atoms with E-state index < -0.39 is 12.1 Å². The van der Waals surface area contributed by atoms with E-state index in [1.54, 1.807) is 19.1 Å². The maximum absolute atomic E-state index is 12.2. The number of nitrogens with zero attached hydrogens (tertiary/aromatic N) is 1. The summed E-state index contributed by atoms with van der Waals surface area (Å²) in [6.45, 7) is 5.45. The first kappa shape index (κ1) is 19.2. The highest BCUT2D eigenvalue weighted by molar-refractivity contribution is 5.95. The van der Waals surface area contributed by atoms with E-state index in [0.29, 0.717) is 17.7 Å². The molecular weight excluding hydrogens is 328 g/mol. The fourth-order valence-corrected chi connectivity index (χ4v) is 2.49. The van der Waals surface area contributed by atoms with Crippen molar-refractivity contribution in [2.45, 2.75) is 39.7 Å². The van der Waals surface area contributed by atoms with Gasteiger partial charge in [-0.15, -0.1) is 0 Å². The van der Waals surface area contributed by atoms with Crippen molar-refractivity contribution in [3.05, 3.63) is 64.7 Å². The second-order valence-electron chi connectivity index (χ2n) is 6.25. The van der Waals surface area contributed by atoms with Crippen LogP contribution in [0.3, 0.4) is 0 Å². The number of esters is 1. The van der Waals surface area contributed by atoms with Gasteiger partial charge in [0.15, 0.2) is 6.10 Å². The molecule has 1 amide bonds. The molecule has 1 atom stereocenters. The molecule has 0 aliphatic carbocycles. The lowest BCUT2D eigenvalue weighted by Gasteiger charge is -2.15. The van der Waals surface area contributed by atoms with Gasteiger partial charge in [0.2, 0.25) is 0 Å². The highest BCUT2D eigenvalue weighted by Crippen LogP contribution is 2.16. The van der Waals surface area contributed by atoms with Crippen LogP contribution in [0.2, 0.25) is 0 Å². The summed E-state index contributed by atoms with van der Waals surface area (Å²) >= 11 is 0. The number of nitrogens with one attached hydrogen (secondary N) is 1. The molecule has 2 rings (SSSR count). The minimum absolute atomic E-state index is 0.174. The van der Waals surface area contributed by atoms with Gasteiger partial charge in [-0.25, -0.2) is 0 Å². The molecule has 5 nitrogen and oxygen atoms in total. The van der Waals surface area contributed by atoms with Crippen LogP contribution < -0.4 is 5.32 Å². The van der Waals surface area contributed by atoms with E-state index >= 15 is 0 Å². The number of hydrogen-bond acceptors (Lipinski definition) is 4. The second-order valence-corrected chi connectivity index (χ2v) is 6.25. The first-order valence-corrected chi connectivity index (χ1v) is 8.45. The number of carbonyl (C=O) groups excluding carboxylic acids is 2. The van der Waals surface area contributed by atoms with Gasteiger partial charge in [0.25, 0.3) is 5.91 Å². The molecule has 0 saturated heterocycles. The van der Waals surface area contributed by atoms with E-state index in [1.165, 1.54) is 0 Å². The Kier molecular flexibility index (Phi) is 6.51. The van der Waals surface area contributed by atoms with Crippen molar-refractivity contribution >= 4 is 17.6 Å². The third-order valence-corrected chi connectivity index (χ3v) is 4.02. The van der Waals surface area contributed by atoms with E-state index in [2.05, 4.69) is 5.32 Å². The summed E-state index contributed by atoms with van der Waals surface area (Å²) in [4.78, 5) is 24.2. The Balaban J connectivity index is 1.83. The van der Waals surface area contributed by atoms with Crippen LogP contribution in [-0.4, -0.2) is 18.0 Å². The average molecular weight is 350 g/mol. The van der Waals surface area contributed by atoms with E-state index in [0.717, 1.165) is 16.7 Å². The fraction of sp³-hybridized carbons (Fsp3) is 0.286. The van der Waals surface area contributed by atoms with Gasteiger partial charge in [-0.2, -0.15) is 5.26 Å². The summed E-state index contributed by atoms with van der Waals surface area (Å²) in [5.41, 5.74) is 4.29. The van der Waals surface area contributed by atoms with Crippen molar-refractivity contribution in [2.75, 3.05) is 5.32 Å². The number of rotatable bonds is 6. The number of hydrogen-bond donors (Lipinski definition) is 1. The van der Waals surface area contributed by atoms with Crippen molar-refractivity contribution in [1.82, 2.24) is 0 Å². The molecule has 0 saturated carbocycles. The molecule has 0 aliphatic rings. The summed E-state index contributed by atoms with van der Waals surface area (Å²) in [5, 5.41) is 11.6. The first-order valence-electron chi connectivity index (χ1n) is 8.45. The molecule has 2 aromatic carbocycles. The van der Waals surface area contributed by atoms with Crippen LogP contribution in [0.15, 0.2) is 42.5 Å². The molecule has 0 bridgehead atoms. The van der Waals surface area contributed by atoms with Crippen LogP contribution in [0.4, 0.5) is 5.69 Å². The minimum Gasteiger partial charge on any atom is -0.453 e. The van der Waals surface area contributed by atoms with Gasteiger partial charge in [0, 0.05) is 12.1 Å². The number of benzene rings is 2. The van der Waals surface area contributed by atoms with Crippen LogP contribution in [0.1, 0.15) is 35.6 Å².